The Morgan fingerprint density at radius 1 is 1.03 bits per heavy atom. The highest BCUT2D eigenvalue weighted by Crippen LogP contribution is 2.26. The molecule has 1 aromatic heterocycles. The van der Waals surface area contributed by atoms with E-state index < -0.39 is 0 Å². The highest BCUT2D eigenvalue weighted by Gasteiger charge is 2.22. The van der Waals surface area contributed by atoms with Crippen molar-refractivity contribution in [3.63, 3.8) is 0 Å². The first-order valence-electron chi connectivity index (χ1n) is 11.1. The third-order valence-electron chi connectivity index (χ3n) is 5.91. The van der Waals surface area contributed by atoms with E-state index in [0.29, 0.717) is 6.54 Å². The SMILES string of the molecule is Cc1ccc(C(NCC(=O)NC2CCN(Cc3ccccc3)CC2)c2cccs2)cc1. The van der Waals surface area contributed by atoms with E-state index >= 15 is 0 Å². The normalized spacial score (nSPS) is 16.2. The second-order valence-corrected chi connectivity index (χ2v) is 9.32. The third kappa shape index (κ3) is 6.26. The fraction of sp³-hybridized carbons (Fsp3) is 0.346. The Morgan fingerprint density at radius 2 is 1.77 bits per heavy atom. The number of thiophene rings is 1. The van der Waals surface area contributed by atoms with Crippen molar-refractivity contribution in [2.45, 2.75) is 38.4 Å². The van der Waals surface area contributed by atoms with Gasteiger partial charge < -0.3 is 5.32 Å². The molecule has 1 unspecified atom stereocenters. The maximum Gasteiger partial charge on any atom is 0.234 e. The average Bonchev–Trinajstić information content (AvgIpc) is 3.32. The van der Waals surface area contributed by atoms with Gasteiger partial charge in [-0.05, 0) is 42.3 Å². The summed E-state index contributed by atoms with van der Waals surface area (Å²) in [6.07, 6.45) is 2.01. The average molecular weight is 434 g/mol. The molecule has 0 bridgehead atoms. The van der Waals surface area contributed by atoms with Gasteiger partial charge in [-0.25, -0.2) is 0 Å². The lowest BCUT2D eigenvalue weighted by atomic mass is 10.0. The zero-order valence-corrected chi connectivity index (χ0v) is 18.9. The van der Waals surface area contributed by atoms with Gasteiger partial charge in [0.2, 0.25) is 5.91 Å². The lowest BCUT2D eigenvalue weighted by Crippen LogP contribution is -2.47. The van der Waals surface area contributed by atoms with Crippen LogP contribution in [0.1, 0.15) is 40.5 Å². The van der Waals surface area contributed by atoms with E-state index in [1.807, 2.05) is 0 Å². The number of likely N-dealkylation sites (tertiary alicyclic amines) is 1. The fourth-order valence-corrected chi connectivity index (χ4v) is 4.97. The van der Waals surface area contributed by atoms with Crippen LogP contribution in [-0.4, -0.2) is 36.5 Å². The van der Waals surface area contributed by atoms with Crippen LogP contribution >= 0.6 is 11.3 Å². The van der Waals surface area contributed by atoms with Crippen LogP contribution < -0.4 is 10.6 Å². The summed E-state index contributed by atoms with van der Waals surface area (Å²) in [5.41, 5.74) is 3.78. The number of nitrogens with one attached hydrogen (secondary N) is 2. The number of nitrogens with zero attached hydrogens (tertiary/aromatic N) is 1. The number of aryl methyl sites for hydroxylation is 1. The number of rotatable bonds is 8. The summed E-state index contributed by atoms with van der Waals surface area (Å²) in [5, 5.41) is 8.80. The molecule has 1 aliphatic rings. The zero-order valence-electron chi connectivity index (χ0n) is 18.1. The Labute approximate surface area is 189 Å². The molecule has 0 aliphatic carbocycles. The van der Waals surface area contributed by atoms with Gasteiger partial charge in [-0.1, -0.05) is 66.2 Å². The third-order valence-corrected chi connectivity index (χ3v) is 6.84. The van der Waals surface area contributed by atoms with Crippen molar-refractivity contribution >= 4 is 17.2 Å². The van der Waals surface area contributed by atoms with Crippen LogP contribution in [0.2, 0.25) is 0 Å². The minimum absolute atomic E-state index is 0.0408. The molecule has 1 aliphatic heterocycles. The molecule has 1 saturated heterocycles. The standard InChI is InChI=1S/C26H31N3OS/c1-20-9-11-22(12-10-20)26(24-8-5-17-31-24)27-18-25(30)28-23-13-15-29(16-14-23)19-21-6-3-2-4-7-21/h2-12,17,23,26-27H,13-16,18-19H2,1H3,(H,28,30). The quantitative estimate of drug-likeness (QED) is 0.549. The molecule has 3 aromatic rings. The summed E-state index contributed by atoms with van der Waals surface area (Å²) in [7, 11) is 0. The van der Waals surface area contributed by atoms with Gasteiger partial charge in [0.25, 0.3) is 0 Å². The highest BCUT2D eigenvalue weighted by atomic mass is 32.1. The first kappa shape index (κ1) is 21.8. The fourth-order valence-electron chi connectivity index (χ4n) is 4.15. The van der Waals surface area contributed by atoms with Crippen LogP contribution in [0, 0.1) is 6.92 Å². The van der Waals surface area contributed by atoms with Gasteiger partial charge in [-0.3, -0.25) is 15.0 Å². The van der Waals surface area contributed by atoms with Gasteiger partial charge in [-0.2, -0.15) is 0 Å². The summed E-state index contributed by atoms with van der Waals surface area (Å²) in [6, 6.07) is 23.6. The van der Waals surface area contributed by atoms with E-state index in [0.717, 1.165) is 32.5 Å². The highest BCUT2D eigenvalue weighted by molar-refractivity contribution is 7.10. The molecule has 2 aromatic carbocycles. The number of benzene rings is 2. The topological polar surface area (TPSA) is 44.4 Å². The molecule has 0 saturated carbocycles. The van der Waals surface area contributed by atoms with Crippen LogP contribution in [0.5, 0.6) is 0 Å². The Hall–Kier alpha value is -2.47. The number of hydrogen-bond acceptors (Lipinski definition) is 4. The molecule has 2 N–H and O–H groups in total. The van der Waals surface area contributed by atoms with Crippen LogP contribution in [0.4, 0.5) is 0 Å². The van der Waals surface area contributed by atoms with Crippen LogP contribution in [-0.2, 0) is 11.3 Å². The number of carbonyl (C=O) groups is 1. The first-order valence-corrected chi connectivity index (χ1v) is 11.9. The summed E-state index contributed by atoms with van der Waals surface area (Å²) < 4.78 is 0. The lowest BCUT2D eigenvalue weighted by Gasteiger charge is -2.32. The monoisotopic (exact) mass is 433 g/mol. The van der Waals surface area contributed by atoms with Crippen LogP contribution in [0.25, 0.3) is 0 Å². The Morgan fingerprint density at radius 3 is 2.45 bits per heavy atom. The van der Waals surface area contributed by atoms with Gasteiger partial charge in [0.05, 0.1) is 12.6 Å². The molecule has 162 valence electrons. The minimum atomic E-state index is 0.0408. The summed E-state index contributed by atoms with van der Waals surface area (Å²) in [5.74, 6) is 0.0789. The van der Waals surface area contributed by atoms with Crippen molar-refractivity contribution in [2.24, 2.45) is 0 Å². The molecule has 31 heavy (non-hydrogen) atoms. The predicted octanol–water partition coefficient (Wildman–Crippen LogP) is 4.52. The molecule has 2 heterocycles. The van der Waals surface area contributed by atoms with Gasteiger partial charge in [0.15, 0.2) is 0 Å². The molecule has 0 radical (unpaired) electrons. The van der Waals surface area contributed by atoms with E-state index in [9.17, 15) is 4.79 Å². The Balaban J connectivity index is 1.26. The number of amides is 1. The number of piperidine rings is 1. The number of carbonyl (C=O) groups excluding carboxylic acids is 1. The Bertz CT molecular complexity index is 933. The second kappa shape index (κ2) is 10.7. The summed E-state index contributed by atoms with van der Waals surface area (Å²) in [4.78, 5) is 16.4. The van der Waals surface area contributed by atoms with Gasteiger partial charge in [0, 0.05) is 30.6 Å². The zero-order chi connectivity index (χ0) is 21.5. The van der Waals surface area contributed by atoms with Crippen molar-refractivity contribution < 1.29 is 4.79 Å². The van der Waals surface area contributed by atoms with E-state index in [-0.39, 0.29) is 18.0 Å². The number of hydrogen-bond donors (Lipinski definition) is 2. The largest absolute Gasteiger partial charge is 0.352 e. The van der Waals surface area contributed by atoms with E-state index in [1.165, 1.54) is 21.6 Å². The van der Waals surface area contributed by atoms with Crippen molar-refractivity contribution in [2.75, 3.05) is 19.6 Å². The maximum atomic E-state index is 12.7. The van der Waals surface area contributed by atoms with E-state index in [2.05, 4.69) is 94.6 Å². The second-order valence-electron chi connectivity index (χ2n) is 8.34. The predicted molar refractivity (Wildman–Crippen MR) is 128 cm³/mol. The molecule has 5 heteroatoms. The first-order chi connectivity index (χ1) is 15.2. The van der Waals surface area contributed by atoms with Gasteiger partial charge in [0.1, 0.15) is 0 Å². The maximum absolute atomic E-state index is 12.7. The lowest BCUT2D eigenvalue weighted by molar-refractivity contribution is -0.121. The van der Waals surface area contributed by atoms with E-state index in [1.54, 1.807) is 11.3 Å². The summed E-state index contributed by atoms with van der Waals surface area (Å²) in [6.45, 7) is 5.45. The molecule has 0 spiro atoms. The summed E-state index contributed by atoms with van der Waals surface area (Å²) >= 11 is 1.72. The van der Waals surface area contributed by atoms with E-state index in [4.69, 9.17) is 0 Å². The smallest absolute Gasteiger partial charge is 0.234 e. The van der Waals surface area contributed by atoms with Crippen molar-refractivity contribution in [3.05, 3.63) is 93.7 Å². The molecule has 1 amide bonds. The molecule has 1 atom stereocenters. The van der Waals surface area contributed by atoms with Gasteiger partial charge >= 0.3 is 0 Å². The van der Waals surface area contributed by atoms with Crippen LogP contribution in [0.15, 0.2) is 72.1 Å². The van der Waals surface area contributed by atoms with Crippen molar-refractivity contribution in [1.82, 2.24) is 15.5 Å². The molecule has 4 rings (SSSR count). The molecule has 1 fully saturated rings. The molecular formula is C26H31N3OS. The van der Waals surface area contributed by atoms with Gasteiger partial charge in [-0.15, -0.1) is 11.3 Å². The van der Waals surface area contributed by atoms with Crippen molar-refractivity contribution in [1.29, 1.82) is 0 Å². The Kier molecular flexibility index (Phi) is 7.52. The minimum Gasteiger partial charge on any atom is -0.352 e. The van der Waals surface area contributed by atoms with Crippen LogP contribution in [0.3, 0.4) is 0 Å². The van der Waals surface area contributed by atoms with Crippen molar-refractivity contribution in [3.8, 4) is 0 Å². The molecular weight excluding hydrogens is 402 g/mol. The molecule has 4 nitrogen and oxygen atoms in total.